The van der Waals surface area contributed by atoms with Gasteiger partial charge in [-0.05, 0) is 81.7 Å². The van der Waals surface area contributed by atoms with Crippen molar-refractivity contribution in [2.24, 2.45) is 0 Å². The van der Waals surface area contributed by atoms with Crippen LogP contribution < -0.4 is 14.8 Å². The number of hydrogen-bond acceptors (Lipinski definition) is 10. The molecule has 0 radical (unpaired) electrons. The zero-order valence-electron chi connectivity index (χ0n) is 39.9. The first-order valence-electron chi connectivity index (χ1n) is 23.7. The number of methoxy groups -OCH3 is 2. The van der Waals surface area contributed by atoms with Crippen molar-refractivity contribution in [2.45, 2.75) is 61.7 Å². The van der Waals surface area contributed by atoms with Gasteiger partial charge in [-0.3, -0.25) is 0 Å². The van der Waals surface area contributed by atoms with Gasteiger partial charge in [-0.2, -0.15) is 4.98 Å². The Morgan fingerprint density at radius 1 is 0.718 bits per heavy atom. The van der Waals surface area contributed by atoms with E-state index in [2.05, 4.69) is 42.4 Å². The third-order valence-electron chi connectivity index (χ3n) is 13.2. The lowest BCUT2D eigenvalue weighted by Crippen LogP contribution is -2.49. The van der Waals surface area contributed by atoms with Crippen molar-refractivity contribution >= 4 is 34.6 Å². The van der Waals surface area contributed by atoms with Crippen LogP contribution in [-0.2, 0) is 30.1 Å². The van der Waals surface area contributed by atoms with Gasteiger partial charge in [0.1, 0.15) is 53.0 Å². The Bertz CT molecular complexity index is 2980. The number of nitrogens with zero attached hydrogens (tertiary/aromatic N) is 3. The zero-order chi connectivity index (χ0) is 49.3. The molecule has 1 saturated heterocycles. The SMILES string of the molecule is C#C[C@]1(COC(=O)OCCCCC)O[C@@H](n2ccc3c(NC(c4ccccc4)(c4ccccc4)c4ccc(OC)cc4)nc(Cl)nc32)C[C@@H]1OC(c1ccccc1)(c1ccccc1)c1ccc(OC)cc1. The summed E-state index contributed by atoms with van der Waals surface area (Å²) in [4.78, 5) is 23.0. The van der Waals surface area contributed by atoms with E-state index in [-0.39, 0.29) is 24.9 Å². The lowest BCUT2D eigenvalue weighted by molar-refractivity contribution is -0.137. The van der Waals surface area contributed by atoms with E-state index in [9.17, 15) is 4.79 Å². The average molecular weight is 968 g/mol. The molecule has 0 saturated carbocycles. The number of benzene rings is 6. The van der Waals surface area contributed by atoms with Gasteiger partial charge in [0.05, 0.1) is 26.2 Å². The molecule has 3 atom stereocenters. The fraction of sp³-hybridized carbons (Fsp3) is 0.237. The van der Waals surface area contributed by atoms with Crippen molar-refractivity contribution in [1.29, 1.82) is 0 Å². The van der Waals surface area contributed by atoms with Gasteiger partial charge in [-0.15, -0.1) is 6.42 Å². The highest BCUT2D eigenvalue weighted by Gasteiger charge is 2.55. The summed E-state index contributed by atoms with van der Waals surface area (Å²) in [6.45, 7) is 1.92. The molecule has 1 fully saturated rings. The highest BCUT2D eigenvalue weighted by Crippen LogP contribution is 2.49. The van der Waals surface area contributed by atoms with Crippen LogP contribution in [0.1, 0.15) is 72.2 Å². The van der Waals surface area contributed by atoms with E-state index in [1.54, 1.807) is 14.2 Å². The van der Waals surface area contributed by atoms with Crippen molar-refractivity contribution in [3.8, 4) is 23.8 Å². The van der Waals surface area contributed by atoms with Crippen molar-refractivity contribution < 1.29 is 33.2 Å². The third-order valence-corrected chi connectivity index (χ3v) is 13.3. The van der Waals surface area contributed by atoms with Crippen LogP contribution in [0.25, 0.3) is 11.0 Å². The largest absolute Gasteiger partial charge is 0.508 e. The molecule has 12 heteroatoms. The van der Waals surface area contributed by atoms with Crippen LogP contribution in [-0.4, -0.2) is 59.8 Å². The van der Waals surface area contributed by atoms with Gasteiger partial charge in [0, 0.05) is 12.6 Å². The Morgan fingerprint density at radius 2 is 1.23 bits per heavy atom. The summed E-state index contributed by atoms with van der Waals surface area (Å²) in [5.41, 5.74) is 1.89. The van der Waals surface area contributed by atoms with Crippen LogP contribution in [0.4, 0.5) is 10.6 Å². The number of carbonyl (C=O) groups excluding carboxylic acids is 1. The first-order chi connectivity index (χ1) is 34.8. The number of fused-ring (bicyclic) bond motifs is 1. The Kier molecular flexibility index (Phi) is 14.7. The topological polar surface area (TPSA) is 115 Å². The minimum Gasteiger partial charge on any atom is -0.497 e. The molecule has 1 aliphatic rings. The van der Waals surface area contributed by atoms with E-state index in [0.717, 1.165) is 52.0 Å². The van der Waals surface area contributed by atoms with Crippen LogP contribution >= 0.6 is 11.6 Å². The normalized spacial score (nSPS) is 16.8. The highest BCUT2D eigenvalue weighted by molar-refractivity contribution is 6.28. The number of hydrogen-bond donors (Lipinski definition) is 1. The fourth-order valence-corrected chi connectivity index (χ4v) is 9.76. The molecule has 8 aromatic rings. The second-order valence-electron chi connectivity index (χ2n) is 17.3. The van der Waals surface area contributed by atoms with E-state index in [4.69, 9.17) is 56.4 Å². The maximum Gasteiger partial charge on any atom is 0.508 e. The van der Waals surface area contributed by atoms with Gasteiger partial charge >= 0.3 is 6.16 Å². The Hall–Kier alpha value is -7.62. The molecule has 2 aromatic heterocycles. The van der Waals surface area contributed by atoms with E-state index in [0.29, 0.717) is 29.0 Å². The molecule has 0 spiro atoms. The Morgan fingerprint density at radius 3 is 1.75 bits per heavy atom. The molecule has 0 bridgehead atoms. The number of ether oxygens (including phenoxy) is 6. The summed E-state index contributed by atoms with van der Waals surface area (Å²) in [6.07, 6.45) is 8.67. The summed E-state index contributed by atoms with van der Waals surface area (Å²) >= 11 is 6.97. The van der Waals surface area contributed by atoms with E-state index in [1.165, 1.54) is 0 Å². The maximum atomic E-state index is 13.3. The number of unbranched alkanes of at least 4 members (excludes halogenated alkanes) is 2. The zero-order valence-corrected chi connectivity index (χ0v) is 40.6. The van der Waals surface area contributed by atoms with Crippen molar-refractivity contribution in [3.05, 3.63) is 221 Å². The number of nitrogens with one attached hydrogen (secondary N) is 1. The molecular formula is C59H55ClN4O7. The smallest absolute Gasteiger partial charge is 0.497 e. The van der Waals surface area contributed by atoms with Gasteiger partial charge in [0.25, 0.3) is 0 Å². The van der Waals surface area contributed by atoms with Crippen molar-refractivity contribution in [1.82, 2.24) is 14.5 Å². The fourth-order valence-electron chi connectivity index (χ4n) is 9.60. The summed E-state index contributed by atoms with van der Waals surface area (Å²) < 4.78 is 39.2. The lowest BCUT2D eigenvalue weighted by atomic mass is 9.77. The van der Waals surface area contributed by atoms with Crippen LogP contribution in [0.3, 0.4) is 0 Å². The molecule has 6 aromatic carbocycles. The molecule has 1 aliphatic heterocycles. The molecule has 9 rings (SSSR count). The summed E-state index contributed by atoms with van der Waals surface area (Å²) in [5.74, 6) is 4.79. The number of rotatable bonds is 19. The number of aromatic nitrogens is 3. The monoisotopic (exact) mass is 966 g/mol. The van der Waals surface area contributed by atoms with Gasteiger partial charge in [0.2, 0.25) is 5.28 Å². The van der Waals surface area contributed by atoms with E-state index in [1.807, 2.05) is 162 Å². The molecule has 1 N–H and O–H groups in total. The third kappa shape index (κ3) is 9.67. The van der Waals surface area contributed by atoms with Gasteiger partial charge in [-0.25, -0.2) is 9.78 Å². The molecule has 0 aliphatic carbocycles. The second-order valence-corrected chi connectivity index (χ2v) is 17.7. The maximum absolute atomic E-state index is 13.3. The van der Waals surface area contributed by atoms with Crippen LogP contribution in [0.15, 0.2) is 182 Å². The molecule has 71 heavy (non-hydrogen) atoms. The average Bonchev–Trinajstić information content (AvgIpc) is 4.02. The van der Waals surface area contributed by atoms with Crippen LogP contribution in [0.5, 0.6) is 11.5 Å². The molecule has 360 valence electrons. The lowest BCUT2D eigenvalue weighted by Gasteiger charge is -2.41. The van der Waals surface area contributed by atoms with Crippen molar-refractivity contribution in [2.75, 3.05) is 32.8 Å². The Labute approximate surface area is 419 Å². The van der Waals surface area contributed by atoms with E-state index < -0.39 is 35.2 Å². The first-order valence-corrected chi connectivity index (χ1v) is 24.1. The number of halogens is 1. The van der Waals surface area contributed by atoms with Crippen LogP contribution in [0.2, 0.25) is 5.28 Å². The number of terminal acetylenes is 1. The van der Waals surface area contributed by atoms with Gasteiger partial charge < -0.3 is 38.3 Å². The molecule has 0 unspecified atom stereocenters. The highest BCUT2D eigenvalue weighted by atomic mass is 35.5. The molecule has 3 heterocycles. The first kappa shape index (κ1) is 48.4. The Balaban J connectivity index is 1.17. The molecule has 0 amide bonds. The van der Waals surface area contributed by atoms with E-state index >= 15 is 0 Å². The summed E-state index contributed by atoms with van der Waals surface area (Å²) in [5, 5.41) is 4.54. The summed E-state index contributed by atoms with van der Waals surface area (Å²) in [7, 11) is 3.28. The van der Waals surface area contributed by atoms with Crippen molar-refractivity contribution in [3.63, 3.8) is 0 Å². The van der Waals surface area contributed by atoms with Gasteiger partial charge in [0.15, 0.2) is 5.60 Å². The number of anilines is 1. The standard InChI is InChI=1S/C59H55ClN4O7/c1-5-7-20-39-68-56(65)69-41-57(6-2)51(70-59(45-25-16-10-17-26-45,46-27-18-11-19-28-46)47-31-35-49(67-4)36-32-47)40-52(71-57)64-38-37-50-53(61-55(60)62-54(50)64)63-58(42-21-12-8-13-22-42,43-23-14-9-15-24-43)44-29-33-48(66-3)34-30-44/h2,8-19,21-38,51-52H,5,7,20,39-41H2,1,3-4H3,(H,61,62,63)/t51-,52+,57+/m0/s1. The number of carbonyl (C=O) groups is 1. The quantitative estimate of drug-likeness (QED) is 0.0276. The summed E-state index contributed by atoms with van der Waals surface area (Å²) in [6, 6.07) is 58.0. The molecule has 11 nitrogen and oxygen atoms in total. The minimum atomic E-state index is -1.65. The second kappa shape index (κ2) is 21.6. The predicted octanol–water partition coefficient (Wildman–Crippen LogP) is 12.5. The predicted molar refractivity (Wildman–Crippen MR) is 276 cm³/mol. The van der Waals surface area contributed by atoms with Gasteiger partial charge in [-0.1, -0.05) is 171 Å². The van der Waals surface area contributed by atoms with Crippen LogP contribution in [0, 0.1) is 12.3 Å². The molecular weight excluding hydrogens is 912 g/mol. The minimum absolute atomic E-state index is 0.000422.